The number of benzene rings is 2. The van der Waals surface area contributed by atoms with E-state index in [1.54, 1.807) is 40.0 Å². The zero-order valence-corrected chi connectivity index (χ0v) is 17.0. The monoisotopic (exact) mass is 419 g/mol. The lowest BCUT2D eigenvalue weighted by Crippen LogP contribution is -2.16. The molecule has 2 aromatic carbocycles. The van der Waals surface area contributed by atoms with E-state index < -0.39 is 0 Å². The molecule has 140 valence electrons. The Bertz CT molecular complexity index is 966. The van der Waals surface area contributed by atoms with E-state index in [4.69, 9.17) is 11.6 Å². The van der Waals surface area contributed by atoms with Gasteiger partial charge in [0.15, 0.2) is 0 Å². The van der Waals surface area contributed by atoms with Gasteiger partial charge in [-0.3, -0.25) is 10.1 Å². The molecule has 0 aliphatic heterocycles. The molecule has 0 saturated carbocycles. The average molecular weight is 420 g/mol. The summed E-state index contributed by atoms with van der Waals surface area (Å²) in [6, 6.07) is 14.9. The number of hydrogen-bond donors (Lipinski definition) is 1. The molecule has 3 aromatic rings. The normalized spacial score (nSPS) is 10.7. The van der Waals surface area contributed by atoms with Crippen LogP contribution in [0.25, 0.3) is 0 Å². The first kappa shape index (κ1) is 19.7. The van der Waals surface area contributed by atoms with Crippen LogP contribution in [0.2, 0.25) is 5.02 Å². The van der Waals surface area contributed by atoms with Crippen molar-refractivity contribution in [1.29, 1.82) is 0 Å². The molecular formula is C19H18ClN3O2S2. The Kier molecular flexibility index (Phi) is 6.71. The fourth-order valence-corrected chi connectivity index (χ4v) is 4.18. The first-order chi connectivity index (χ1) is 13.0. The van der Waals surface area contributed by atoms with E-state index in [-0.39, 0.29) is 16.7 Å². The summed E-state index contributed by atoms with van der Waals surface area (Å²) in [5.41, 5.74) is 1.41. The molecule has 0 unspecified atom stereocenters. The summed E-state index contributed by atoms with van der Waals surface area (Å²) in [4.78, 5) is 29.3. The summed E-state index contributed by atoms with van der Waals surface area (Å²) in [5, 5.41) is 3.50. The number of hydrogen-bond acceptors (Lipinski definition) is 5. The molecule has 3 rings (SSSR count). The van der Waals surface area contributed by atoms with Gasteiger partial charge in [-0.2, -0.15) is 4.98 Å². The minimum absolute atomic E-state index is 0.289. The van der Waals surface area contributed by atoms with Gasteiger partial charge in [-0.1, -0.05) is 30.7 Å². The SMILES string of the molecule is CCc1ccc(SCCn2sc(NC(=O)c3ccc(Cl)cc3)nc2=O)cc1. The van der Waals surface area contributed by atoms with Gasteiger partial charge in [0.1, 0.15) is 0 Å². The van der Waals surface area contributed by atoms with Crippen molar-refractivity contribution in [3.8, 4) is 0 Å². The van der Waals surface area contributed by atoms with Crippen molar-refractivity contribution >= 4 is 45.9 Å². The Balaban J connectivity index is 1.56. The summed E-state index contributed by atoms with van der Waals surface area (Å²) >= 11 is 8.65. The smallest absolute Gasteiger partial charge is 0.297 e. The highest BCUT2D eigenvalue weighted by atomic mass is 35.5. The minimum Gasteiger partial charge on any atom is -0.297 e. The number of halogens is 1. The van der Waals surface area contributed by atoms with Gasteiger partial charge in [-0.05, 0) is 59.9 Å². The van der Waals surface area contributed by atoms with Crippen LogP contribution >= 0.6 is 34.9 Å². The van der Waals surface area contributed by atoms with E-state index in [0.717, 1.165) is 23.7 Å². The van der Waals surface area contributed by atoms with Gasteiger partial charge in [0, 0.05) is 27.8 Å². The van der Waals surface area contributed by atoms with Crippen LogP contribution in [0.15, 0.2) is 58.2 Å². The van der Waals surface area contributed by atoms with Gasteiger partial charge < -0.3 is 0 Å². The fraction of sp³-hybridized carbons (Fsp3) is 0.211. The van der Waals surface area contributed by atoms with E-state index in [1.807, 2.05) is 0 Å². The fourth-order valence-electron chi connectivity index (χ4n) is 2.34. The predicted octanol–water partition coefficient (Wildman–Crippen LogP) is 4.57. The molecule has 0 radical (unpaired) electrons. The van der Waals surface area contributed by atoms with Gasteiger partial charge in [0.2, 0.25) is 5.13 Å². The lowest BCUT2D eigenvalue weighted by atomic mass is 10.2. The standard InChI is InChI=1S/C19H18ClN3O2S2/c1-2-13-3-9-16(10-4-13)26-12-11-23-19(25)22-18(27-23)21-17(24)14-5-7-15(20)8-6-14/h3-10H,2,11-12H2,1H3,(H,21,22,24,25). The summed E-state index contributed by atoms with van der Waals surface area (Å²) in [7, 11) is 0. The molecule has 0 spiro atoms. The molecule has 0 bridgehead atoms. The molecule has 1 heterocycles. The van der Waals surface area contributed by atoms with Gasteiger partial charge in [0.05, 0.1) is 0 Å². The number of carbonyl (C=O) groups excluding carboxylic acids is 1. The van der Waals surface area contributed by atoms with Crippen LogP contribution in [0.1, 0.15) is 22.8 Å². The molecule has 27 heavy (non-hydrogen) atoms. The second-order valence-electron chi connectivity index (χ2n) is 5.70. The molecule has 0 saturated heterocycles. The second kappa shape index (κ2) is 9.21. The summed E-state index contributed by atoms with van der Waals surface area (Å²) in [6.07, 6.45) is 1.02. The number of carbonyl (C=O) groups is 1. The molecule has 0 aliphatic rings. The molecule has 1 N–H and O–H groups in total. The third-order valence-corrected chi connectivity index (χ3v) is 6.00. The largest absolute Gasteiger partial charge is 0.359 e. The quantitative estimate of drug-likeness (QED) is 0.570. The van der Waals surface area contributed by atoms with Crippen molar-refractivity contribution in [2.75, 3.05) is 11.1 Å². The Hall–Kier alpha value is -2.09. The Labute approximate surface area is 170 Å². The molecule has 1 aromatic heterocycles. The van der Waals surface area contributed by atoms with Crippen LogP contribution in [0.3, 0.4) is 0 Å². The Morgan fingerprint density at radius 3 is 2.56 bits per heavy atom. The van der Waals surface area contributed by atoms with Crippen molar-refractivity contribution in [2.45, 2.75) is 24.8 Å². The molecule has 8 heteroatoms. The van der Waals surface area contributed by atoms with E-state index >= 15 is 0 Å². The molecule has 0 atom stereocenters. The Morgan fingerprint density at radius 2 is 1.89 bits per heavy atom. The van der Waals surface area contributed by atoms with Crippen LogP contribution in [0.4, 0.5) is 5.13 Å². The molecular weight excluding hydrogens is 402 g/mol. The number of rotatable bonds is 7. The van der Waals surface area contributed by atoms with Crippen molar-refractivity contribution < 1.29 is 4.79 Å². The first-order valence-electron chi connectivity index (χ1n) is 8.42. The Morgan fingerprint density at radius 1 is 1.19 bits per heavy atom. The van der Waals surface area contributed by atoms with Gasteiger partial charge in [-0.15, -0.1) is 11.8 Å². The van der Waals surface area contributed by atoms with Crippen molar-refractivity contribution in [1.82, 2.24) is 8.94 Å². The molecule has 5 nitrogen and oxygen atoms in total. The van der Waals surface area contributed by atoms with Crippen molar-refractivity contribution in [3.63, 3.8) is 0 Å². The highest BCUT2D eigenvalue weighted by Gasteiger charge is 2.11. The topological polar surface area (TPSA) is 64.0 Å². The number of thioether (sulfide) groups is 1. The summed E-state index contributed by atoms with van der Waals surface area (Å²) < 4.78 is 1.55. The van der Waals surface area contributed by atoms with Crippen LogP contribution in [0.5, 0.6) is 0 Å². The van der Waals surface area contributed by atoms with Crippen LogP contribution in [-0.2, 0) is 13.0 Å². The number of nitrogens with one attached hydrogen (secondary N) is 1. The third kappa shape index (κ3) is 5.45. The lowest BCUT2D eigenvalue weighted by molar-refractivity contribution is 0.102. The van der Waals surface area contributed by atoms with E-state index in [9.17, 15) is 9.59 Å². The highest BCUT2D eigenvalue weighted by Crippen LogP contribution is 2.20. The van der Waals surface area contributed by atoms with E-state index in [0.29, 0.717) is 17.1 Å². The number of anilines is 1. The number of aryl methyl sites for hydroxylation is 2. The molecule has 0 fully saturated rings. The average Bonchev–Trinajstić information content (AvgIpc) is 3.02. The van der Waals surface area contributed by atoms with E-state index in [2.05, 4.69) is 41.5 Å². The van der Waals surface area contributed by atoms with Crippen LogP contribution in [0, 0.1) is 0 Å². The zero-order valence-electron chi connectivity index (χ0n) is 14.6. The molecule has 1 amide bonds. The van der Waals surface area contributed by atoms with Crippen LogP contribution in [-0.4, -0.2) is 20.6 Å². The number of aromatic nitrogens is 2. The number of amides is 1. The number of nitrogens with zero attached hydrogens (tertiary/aromatic N) is 2. The lowest BCUT2D eigenvalue weighted by Gasteiger charge is -2.03. The summed E-state index contributed by atoms with van der Waals surface area (Å²) in [5.74, 6) is 0.427. The minimum atomic E-state index is -0.353. The highest BCUT2D eigenvalue weighted by molar-refractivity contribution is 7.99. The summed E-state index contributed by atoms with van der Waals surface area (Å²) in [6.45, 7) is 2.66. The zero-order chi connectivity index (χ0) is 19.2. The van der Waals surface area contributed by atoms with Crippen LogP contribution < -0.4 is 11.0 Å². The maximum absolute atomic E-state index is 12.2. The third-order valence-electron chi connectivity index (χ3n) is 3.83. The second-order valence-corrected chi connectivity index (χ2v) is 8.31. The first-order valence-corrected chi connectivity index (χ1v) is 10.6. The maximum atomic E-state index is 12.2. The predicted molar refractivity (Wildman–Crippen MR) is 112 cm³/mol. The van der Waals surface area contributed by atoms with Gasteiger partial charge in [0.25, 0.3) is 5.91 Å². The van der Waals surface area contributed by atoms with Crippen molar-refractivity contribution in [2.24, 2.45) is 0 Å². The van der Waals surface area contributed by atoms with Crippen molar-refractivity contribution in [3.05, 3.63) is 75.2 Å². The van der Waals surface area contributed by atoms with Gasteiger partial charge in [-0.25, -0.2) is 8.75 Å². The van der Waals surface area contributed by atoms with E-state index in [1.165, 1.54) is 10.5 Å². The molecule has 0 aliphatic carbocycles. The van der Waals surface area contributed by atoms with Gasteiger partial charge >= 0.3 is 5.69 Å². The maximum Gasteiger partial charge on any atom is 0.359 e.